The van der Waals surface area contributed by atoms with Crippen molar-refractivity contribution in [2.45, 2.75) is 89.9 Å². The number of carbonyl (C=O) groups excluding carboxylic acids is 1. The van der Waals surface area contributed by atoms with Crippen molar-refractivity contribution in [1.82, 2.24) is 15.1 Å². The summed E-state index contributed by atoms with van der Waals surface area (Å²) >= 11 is 0. The zero-order valence-corrected chi connectivity index (χ0v) is 15.1. The van der Waals surface area contributed by atoms with Crippen molar-refractivity contribution < 1.29 is 9.90 Å². The number of aliphatic hydroxyl groups excluding tert-OH is 1. The number of nitrogens with zero attached hydrogens (tertiary/aromatic N) is 2. The second kappa shape index (κ2) is 8.88. The van der Waals surface area contributed by atoms with Gasteiger partial charge >= 0.3 is 6.03 Å². The largest absolute Gasteiger partial charge is 0.392 e. The van der Waals surface area contributed by atoms with Crippen LogP contribution in [0.2, 0.25) is 0 Å². The molecule has 0 spiro atoms. The van der Waals surface area contributed by atoms with E-state index >= 15 is 0 Å². The number of carbonyl (C=O) groups is 1. The fourth-order valence-corrected chi connectivity index (χ4v) is 3.93. The topological polar surface area (TPSA) is 55.8 Å². The molecule has 0 radical (unpaired) electrons. The van der Waals surface area contributed by atoms with E-state index in [0.29, 0.717) is 6.54 Å². The molecule has 2 amide bonds. The fraction of sp³-hybridized carbons (Fsp3) is 0.944. The van der Waals surface area contributed by atoms with Crippen molar-refractivity contribution in [2.24, 2.45) is 0 Å². The second-order valence-corrected chi connectivity index (χ2v) is 7.65. The van der Waals surface area contributed by atoms with Crippen LogP contribution in [-0.2, 0) is 0 Å². The molecule has 1 saturated carbocycles. The number of hydrogen-bond donors (Lipinski definition) is 2. The van der Waals surface area contributed by atoms with Gasteiger partial charge in [-0.05, 0) is 46.5 Å². The maximum Gasteiger partial charge on any atom is 0.317 e. The van der Waals surface area contributed by atoms with Crippen molar-refractivity contribution in [3.05, 3.63) is 0 Å². The Balaban J connectivity index is 1.77. The predicted molar refractivity (Wildman–Crippen MR) is 93.5 cm³/mol. The van der Waals surface area contributed by atoms with Gasteiger partial charge in [-0.15, -0.1) is 0 Å². The van der Waals surface area contributed by atoms with Gasteiger partial charge in [0, 0.05) is 37.8 Å². The highest BCUT2D eigenvalue weighted by Gasteiger charge is 2.28. The lowest BCUT2D eigenvalue weighted by atomic mass is 9.92. The first-order chi connectivity index (χ1) is 11.0. The molecule has 1 aliphatic carbocycles. The van der Waals surface area contributed by atoms with E-state index in [2.05, 4.69) is 10.2 Å². The van der Waals surface area contributed by atoms with E-state index in [0.717, 1.165) is 32.0 Å². The van der Waals surface area contributed by atoms with E-state index in [9.17, 15) is 9.90 Å². The summed E-state index contributed by atoms with van der Waals surface area (Å²) in [5, 5.41) is 12.8. The summed E-state index contributed by atoms with van der Waals surface area (Å²) in [7, 11) is 0. The quantitative estimate of drug-likeness (QED) is 0.817. The van der Waals surface area contributed by atoms with Crippen molar-refractivity contribution in [1.29, 1.82) is 0 Å². The number of urea groups is 1. The molecule has 2 rings (SSSR count). The van der Waals surface area contributed by atoms with E-state index < -0.39 is 6.10 Å². The SMILES string of the molecule is CC(O)CN(C(=O)NC1CCN(C2CCCCC2)CC1)C(C)C. The minimum Gasteiger partial charge on any atom is -0.392 e. The van der Waals surface area contributed by atoms with Gasteiger partial charge in [0.2, 0.25) is 0 Å². The zero-order valence-electron chi connectivity index (χ0n) is 15.1. The van der Waals surface area contributed by atoms with E-state index in [1.54, 1.807) is 11.8 Å². The van der Waals surface area contributed by atoms with E-state index in [-0.39, 0.29) is 18.1 Å². The standard InChI is InChI=1S/C18H35N3O2/c1-14(2)21(13-15(3)22)18(23)19-16-9-11-20(12-10-16)17-7-5-4-6-8-17/h14-17,22H,4-13H2,1-3H3,(H,19,23). The Morgan fingerprint density at radius 2 is 1.74 bits per heavy atom. The molecule has 1 unspecified atom stereocenters. The van der Waals surface area contributed by atoms with E-state index in [4.69, 9.17) is 0 Å². The maximum absolute atomic E-state index is 12.5. The molecule has 5 heteroatoms. The summed E-state index contributed by atoms with van der Waals surface area (Å²) < 4.78 is 0. The van der Waals surface area contributed by atoms with Gasteiger partial charge in [-0.1, -0.05) is 19.3 Å². The molecule has 5 nitrogen and oxygen atoms in total. The lowest BCUT2D eigenvalue weighted by molar-refractivity contribution is 0.102. The Bertz CT molecular complexity index is 359. The number of rotatable bonds is 5. The summed E-state index contributed by atoms with van der Waals surface area (Å²) in [5.41, 5.74) is 0. The fourth-order valence-electron chi connectivity index (χ4n) is 3.93. The lowest BCUT2D eigenvalue weighted by Gasteiger charge is -2.40. The van der Waals surface area contributed by atoms with Gasteiger partial charge in [-0.25, -0.2) is 4.79 Å². The molecule has 2 N–H and O–H groups in total. The average Bonchev–Trinajstić information content (AvgIpc) is 2.53. The Hall–Kier alpha value is -0.810. The molecular weight excluding hydrogens is 290 g/mol. The third kappa shape index (κ3) is 5.64. The number of piperidine rings is 1. The Kier molecular flexibility index (Phi) is 7.15. The number of nitrogens with one attached hydrogen (secondary N) is 1. The maximum atomic E-state index is 12.5. The van der Waals surface area contributed by atoms with Crippen LogP contribution in [0.4, 0.5) is 4.79 Å². The van der Waals surface area contributed by atoms with Crippen LogP contribution < -0.4 is 5.32 Å². The molecule has 1 atom stereocenters. The molecular formula is C18H35N3O2. The molecule has 1 saturated heterocycles. The van der Waals surface area contributed by atoms with Gasteiger partial charge < -0.3 is 20.2 Å². The molecule has 23 heavy (non-hydrogen) atoms. The Morgan fingerprint density at radius 3 is 2.26 bits per heavy atom. The minimum absolute atomic E-state index is 0.0305. The minimum atomic E-state index is -0.490. The monoisotopic (exact) mass is 325 g/mol. The molecule has 0 aromatic carbocycles. The highest BCUT2D eigenvalue weighted by atomic mass is 16.3. The molecule has 0 bridgehead atoms. The number of hydrogen-bond acceptors (Lipinski definition) is 3. The third-order valence-corrected chi connectivity index (χ3v) is 5.29. The van der Waals surface area contributed by atoms with Gasteiger partial charge in [-0.2, -0.15) is 0 Å². The highest BCUT2D eigenvalue weighted by molar-refractivity contribution is 5.74. The van der Waals surface area contributed by atoms with Crippen LogP contribution in [0, 0.1) is 0 Å². The molecule has 2 fully saturated rings. The predicted octanol–water partition coefficient (Wildman–Crippen LogP) is 2.58. The van der Waals surface area contributed by atoms with E-state index in [1.165, 1.54) is 32.1 Å². The summed E-state index contributed by atoms with van der Waals surface area (Å²) in [6.45, 7) is 8.32. The van der Waals surface area contributed by atoms with Crippen LogP contribution in [0.5, 0.6) is 0 Å². The average molecular weight is 325 g/mol. The van der Waals surface area contributed by atoms with Crippen LogP contribution in [0.1, 0.15) is 65.7 Å². The molecule has 134 valence electrons. The van der Waals surface area contributed by atoms with Gasteiger partial charge in [0.05, 0.1) is 6.10 Å². The third-order valence-electron chi connectivity index (χ3n) is 5.29. The molecule has 2 aliphatic rings. The van der Waals surface area contributed by atoms with Crippen molar-refractivity contribution in [3.8, 4) is 0 Å². The molecule has 1 heterocycles. The second-order valence-electron chi connectivity index (χ2n) is 7.65. The van der Waals surface area contributed by atoms with Gasteiger partial charge in [-0.3, -0.25) is 0 Å². The first-order valence-electron chi connectivity index (χ1n) is 9.46. The van der Waals surface area contributed by atoms with Crippen molar-refractivity contribution >= 4 is 6.03 Å². The van der Waals surface area contributed by atoms with Crippen molar-refractivity contribution in [2.75, 3.05) is 19.6 Å². The highest BCUT2D eigenvalue weighted by Crippen LogP contribution is 2.25. The van der Waals surface area contributed by atoms with Gasteiger partial charge in [0.15, 0.2) is 0 Å². The van der Waals surface area contributed by atoms with Crippen LogP contribution >= 0.6 is 0 Å². The number of amides is 2. The van der Waals surface area contributed by atoms with Crippen LogP contribution in [-0.4, -0.2) is 64.8 Å². The number of aliphatic hydroxyl groups is 1. The van der Waals surface area contributed by atoms with Gasteiger partial charge in [0.25, 0.3) is 0 Å². The first kappa shape index (κ1) is 18.5. The first-order valence-corrected chi connectivity index (χ1v) is 9.46. The molecule has 1 aliphatic heterocycles. The normalized spacial score (nSPS) is 23.0. The summed E-state index contributed by atoms with van der Waals surface area (Å²) in [5.74, 6) is 0. The molecule has 0 aromatic heterocycles. The van der Waals surface area contributed by atoms with Crippen LogP contribution in [0.15, 0.2) is 0 Å². The lowest BCUT2D eigenvalue weighted by Crippen LogP contribution is -2.53. The Labute approximate surface area is 141 Å². The van der Waals surface area contributed by atoms with Crippen LogP contribution in [0.25, 0.3) is 0 Å². The summed E-state index contributed by atoms with van der Waals surface area (Å²) in [6.07, 6.45) is 8.47. The zero-order chi connectivity index (χ0) is 16.8. The smallest absolute Gasteiger partial charge is 0.317 e. The van der Waals surface area contributed by atoms with Gasteiger partial charge in [0.1, 0.15) is 0 Å². The summed E-state index contributed by atoms with van der Waals surface area (Å²) in [6, 6.07) is 1.13. The van der Waals surface area contributed by atoms with E-state index in [1.807, 2.05) is 13.8 Å². The summed E-state index contributed by atoms with van der Waals surface area (Å²) in [4.78, 5) is 16.8. The van der Waals surface area contributed by atoms with Crippen LogP contribution in [0.3, 0.4) is 0 Å². The molecule has 0 aromatic rings. The Morgan fingerprint density at radius 1 is 1.13 bits per heavy atom. The van der Waals surface area contributed by atoms with Crippen molar-refractivity contribution in [3.63, 3.8) is 0 Å². The number of likely N-dealkylation sites (tertiary alicyclic amines) is 1.